The standard InChI is InChI=1S/C15H14F2/c1-10(2)11-3-5-12(6-4-11)14-9-13(16)7-8-15(14)17/h3-10H,1-2H3. The number of benzene rings is 2. The van der Waals surface area contributed by atoms with Gasteiger partial charge in [0, 0.05) is 5.56 Å². The fourth-order valence-corrected chi connectivity index (χ4v) is 1.77. The predicted octanol–water partition coefficient (Wildman–Crippen LogP) is 4.76. The summed E-state index contributed by atoms with van der Waals surface area (Å²) in [5.74, 6) is -0.389. The molecule has 0 spiro atoms. The van der Waals surface area contributed by atoms with Gasteiger partial charge in [0.1, 0.15) is 11.6 Å². The average molecular weight is 232 g/mol. The van der Waals surface area contributed by atoms with Crippen LogP contribution >= 0.6 is 0 Å². The number of hydrogen-bond acceptors (Lipinski definition) is 0. The molecule has 0 atom stereocenters. The third kappa shape index (κ3) is 2.52. The topological polar surface area (TPSA) is 0 Å². The van der Waals surface area contributed by atoms with Crippen molar-refractivity contribution >= 4 is 0 Å². The molecule has 0 aliphatic carbocycles. The molecular formula is C15H14F2. The molecule has 0 heterocycles. The monoisotopic (exact) mass is 232 g/mol. The SMILES string of the molecule is CC(C)c1ccc(-c2cc(F)ccc2F)cc1. The Kier molecular flexibility index (Phi) is 3.23. The maximum absolute atomic E-state index is 13.5. The summed E-state index contributed by atoms with van der Waals surface area (Å²) in [5.41, 5.74) is 2.19. The van der Waals surface area contributed by atoms with Crippen LogP contribution in [0.15, 0.2) is 42.5 Å². The van der Waals surface area contributed by atoms with Crippen molar-refractivity contribution in [2.45, 2.75) is 19.8 Å². The Morgan fingerprint density at radius 2 is 1.53 bits per heavy atom. The van der Waals surface area contributed by atoms with E-state index in [2.05, 4.69) is 13.8 Å². The molecule has 0 aliphatic rings. The van der Waals surface area contributed by atoms with Crippen LogP contribution < -0.4 is 0 Å². The minimum Gasteiger partial charge on any atom is -0.207 e. The Balaban J connectivity index is 2.43. The highest BCUT2D eigenvalue weighted by molar-refractivity contribution is 5.64. The Bertz CT molecular complexity index is 513. The first-order chi connectivity index (χ1) is 8.08. The van der Waals surface area contributed by atoms with Gasteiger partial charge in [-0.2, -0.15) is 0 Å². The van der Waals surface area contributed by atoms with E-state index in [0.29, 0.717) is 17.0 Å². The van der Waals surface area contributed by atoms with Crippen LogP contribution in [0.25, 0.3) is 11.1 Å². The van der Waals surface area contributed by atoms with Gasteiger partial charge in [-0.25, -0.2) is 8.78 Å². The van der Waals surface area contributed by atoms with Crippen molar-refractivity contribution in [3.8, 4) is 11.1 Å². The van der Waals surface area contributed by atoms with Gasteiger partial charge < -0.3 is 0 Å². The molecule has 0 bridgehead atoms. The first-order valence-electron chi connectivity index (χ1n) is 5.63. The lowest BCUT2D eigenvalue weighted by atomic mass is 9.98. The molecule has 17 heavy (non-hydrogen) atoms. The van der Waals surface area contributed by atoms with Crippen LogP contribution in [0.4, 0.5) is 8.78 Å². The molecule has 2 heteroatoms. The minimum absolute atomic E-state index is 0.306. The van der Waals surface area contributed by atoms with Crippen LogP contribution in [0.3, 0.4) is 0 Å². The van der Waals surface area contributed by atoms with E-state index in [4.69, 9.17) is 0 Å². The molecule has 2 aromatic carbocycles. The van der Waals surface area contributed by atoms with E-state index in [1.165, 1.54) is 11.6 Å². The van der Waals surface area contributed by atoms with Crippen molar-refractivity contribution in [2.24, 2.45) is 0 Å². The van der Waals surface area contributed by atoms with Gasteiger partial charge in [-0.3, -0.25) is 0 Å². The number of hydrogen-bond donors (Lipinski definition) is 0. The smallest absolute Gasteiger partial charge is 0.131 e. The van der Waals surface area contributed by atoms with Crippen LogP contribution in [-0.4, -0.2) is 0 Å². The fraction of sp³-hybridized carbons (Fsp3) is 0.200. The second-order valence-corrected chi connectivity index (χ2v) is 4.40. The molecule has 0 aromatic heterocycles. The lowest BCUT2D eigenvalue weighted by Gasteiger charge is -2.08. The van der Waals surface area contributed by atoms with Crippen molar-refractivity contribution < 1.29 is 8.78 Å². The Morgan fingerprint density at radius 1 is 0.882 bits per heavy atom. The lowest BCUT2D eigenvalue weighted by Crippen LogP contribution is -1.89. The quantitative estimate of drug-likeness (QED) is 0.700. The summed E-state index contributed by atoms with van der Waals surface area (Å²) >= 11 is 0. The zero-order chi connectivity index (χ0) is 12.4. The van der Waals surface area contributed by atoms with Crippen molar-refractivity contribution in [3.05, 3.63) is 59.7 Å². The summed E-state index contributed by atoms with van der Waals surface area (Å²) in [7, 11) is 0. The van der Waals surface area contributed by atoms with E-state index in [0.717, 1.165) is 12.1 Å². The summed E-state index contributed by atoms with van der Waals surface area (Å²) < 4.78 is 26.6. The van der Waals surface area contributed by atoms with Crippen LogP contribution in [0.2, 0.25) is 0 Å². The highest BCUT2D eigenvalue weighted by Gasteiger charge is 2.07. The second-order valence-electron chi connectivity index (χ2n) is 4.40. The molecule has 88 valence electrons. The van der Waals surface area contributed by atoms with Crippen LogP contribution in [0.5, 0.6) is 0 Å². The van der Waals surface area contributed by atoms with Crippen molar-refractivity contribution in [1.29, 1.82) is 0 Å². The van der Waals surface area contributed by atoms with Crippen molar-refractivity contribution in [1.82, 2.24) is 0 Å². The van der Waals surface area contributed by atoms with Crippen molar-refractivity contribution in [2.75, 3.05) is 0 Å². The van der Waals surface area contributed by atoms with Gasteiger partial charge in [0.15, 0.2) is 0 Å². The van der Waals surface area contributed by atoms with E-state index in [-0.39, 0.29) is 0 Å². The maximum Gasteiger partial charge on any atom is 0.131 e. The van der Waals surface area contributed by atoms with Gasteiger partial charge in [-0.15, -0.1) is 0 Å². The van der Waals surface area contributed by atoms with E-state index >= 15 is 0 Å². The molecule has 2 aromatic rings. The summed E-state index contributed by atoms with van der Waals surface area (Å²) in [6, 6.07) is 11.1. The second kappa shape index (κ2) is 4.66. The van der Waals surface area contributed by atoms with Gasteiger partial charge in [0.05, 0.1) is 0 Å². The molecule has 0 nitrogen and oxygen atoms in total. The number of halogens is 2. The summed E-state index contributed by atoms with van der Waals surface area (Å²) in [6.07, 6.45) is 0. The third-order valence-corrected chi connectivity index (χ3v) is 2.82. The van der Waals surface area contributed by atoms with E-state index < -0.39 is 11.6 Å². The molecule has 0 saturated carbocycles. The fourth-order valence-electron chi connectivity index (χ4n) is 1.77. The predicted molar refractivity (Wildman–Crippen MR) is 65.9 cm³/mol. The van der Waals surface area contributed by atoms with Crippen LogP contribution in [-0.2, 0) is 0 Å². The molecular weight excluding hydrogens is 218 g/mol. The zero-order valence-corrected chi connectivity index (χ0v) is 9.87. The van der Waals surface area contributed by atoms with Gasteiger partial charge >= 0.3 is 0 Å². The molecule has 0 amide bonds. The first-order valence-corrected chi connectivity index (χ1v) is 5.63. The van der Waals surface area contributed by atoms with Gasteiger partial charge in [-0.05, 0) is 35.2 Å². The third-order valence-electron chi connectivity index (χ3n) is 2.82. The molecule has 0 N–H and O–H groups in total. The molecule has 0 aliphatic heterocycles. The highest BCUT2D eigenvalue weighted by Crippen LogP contribution is 2.25. The average Bonchev–Trinajstić information content (AvgIpc) is 2.32. The molecule has 2 rings (SSSR count). The summed E-state index contributed by atoms with van der Waals surface area (Å²) in [6.45, 7) is 4.19. The maximum atomic E-state index is 13.5. The van der Waals surface area contributed by atoms with Gasteiger partial charge in [0.2, 0.25) is 0 Å². The van der Waals surface area contributed by atoms with E-state index in [1.807, 2.05) is 24.3 Å². The Morgan fingerprint density at radius 3 is 2.12 bits per heavy atom. The molecule has 0 unspecified atom stereocenters. The zero-order valence-electron chi connectivity index (χ0n) is 9.87. The normalized spacial score (nSPS) is 10.9. The first kappa shape index (κ1) is 11.8. The summed E-state index contributed by atoms with van der Waals surface area (Å²) in [5, 5.41) is 0. The van der Waals surface area contributed by atoms with Gasteiger partial charge in [-0.1, -0.05) is 38.1 Å². The van der Waals surface area contributed by atoms with E-state index in [1.54, 1.807) is 0 Å². The van der Waals surface area contributed by atoms with E-state index in [9.17, 15) is 8.78 Å². The van der Waals surface area contributed by atoms with Crippen LogP contribution in [0, 0.1) is 11.6 Å². The number of rotatable bonds is 2. The minimum atomic E-state index is -0.422. The molecule has 0 fully saturated rings. The highest BCUT2D eigenvalue weighted by atomic mass is 19.1. The Hall–Kier alpha value is -1.70. The molecule has 0 radical (unpaired) electrons. The lowest BCUT2D eigenvalue weighted by molar-refractivity contribution is 0.603. The Labute approximate surface area is 99.9 Å². The largest absolute Gasteiger partial charge is 0.207 e. The van der Waals surface area contributed by atoms with Crippen molar-refractivity contribution in [3.63, 3.8) is 0 Å². The molecule has 0 saturated heterocycles. The van der Waals surface area contributed by atoms with Gasteiger partial charge in [0.25, 0.3) is 0 Å². The van der Waals surface area contributed by atoms with Crippen LogP contribution in [0.1, 0.15) is 25.3 Å². The summed E-state index contributed by atoms with van der Waals surface area (Å²) in [4.78, 5) is 0.